The highest BCUT2D eigenvalue weighted by molar-refractivity contribution is 8.00. The summed E-state index contributed by atoms with van der Waals surface area (Å²) in [6, 6.07) is 6.52. The number of hydrogen-bond acceptors (Lipinski definition) is 4. The van der Waals surface area contributed by atoms with Crippen LogP contribution in [0, 0.1) is 16.0 Å². The van der Waals surface area contributed by atoms with E-state index in [9.17, 15) is 20.0 Å². The maximum atomic E-state index is 11.2. The van der Waals surface area contributed by atoms with Gasteiger partial charge >= 0.3 is 5.97 Å². The van der Waals surface area contributed by atoms with Crippen molar-refractivity contribution in [1.82, 2.24) is 0 Å². The van der Waals surface area contributed by atoms with Crippen molar-refractivity contribution in [3.05, 3.63) is 34.4 Å². The fraction of sp³-hybridized carbons (Fsp3) is 0.462. The van der Waals surface area contributed by atoms with Crippen LogP contribution in [0.15, 0.2) is 29.2 Å². The summed E-state index contributed by atoms with van der Waals surface area (Å²) in [6.07, 6.45) is 3.37. The van der Waals surface area contributed by atoms with Crippen molar-refractivity contribution in [2.75, 3.05) is 0 Å². The van der Waals surface area contributed by atoms with E-state index >= 15 is 0 Å². The van der Waals surface area contributed by atoms with Gasteiger partial charge in [-0.3, -0.25) is 14.9 Å². The lowest BCUT2D eigenvalue weighted by atomic mass is 9.89. The fourth-order valence-corrected chi connectivity index (χ4v) is 3.84. The van der Waals surface area contributed by atoms with Gasteiger partial charge in [-0.1, -0.05) is 25.0 Å². The maximum Gasteiger partial charge on any atom is 0.307 e. The van der Waals surface area contributed by atoms with Crippen molar-refractivity contribution in [1.29, 1.82) is 0 Å². The summed E-state index contributed by atoms with van der Waals surface area (Å²) in [5.74, 6) is -1.20. The van der Waals surface area contributed by atoms with E-state index in [2.05, 4.69) is 0 Å². The first-order valence-electron chi connectivity index (χ1n) is 6.22. The summed E-state index contributed by atoms with van der Waals surface area (Å²) >= 11 is 1.33. The van der Waals surface area contributed by atoms with Crippen molar-refractivity contribution in [2.45, 2.75) is 35.8 Å². The van der Waals surface area contributed by atoms with E-state index in [0.29, 0.717) is 11.3 Å². The number of carboxylic acid groups (broad SMARTS) is 1. The van der Waals surface area contributed by atoms with E-state index in [0.717, 1.165) is 19.3 Å². The lowest BCUT2D eigenvalue weighted by Crippen LogP contribution is -2.29. The lowest BCUT2D eigenvalue weighted by Gasteiger charge is -2.27. The minimum Gasteiger partial charge on any atom is -0.481 e. The molecule has 0 aliphatic heterocycles. The van der Waals surface area contributed by atoms with E-state index in [4.69, 9.17) is 0 Å². The molecule has 5 nitrogen and oxygen atoms in total. The first kappa shape index (κ1) is 13.9. The third-order valence-electron chi connectivity index (χ3n) is 3.36. The summed E-state index contributed by atoms with van der Waals surface area (Å²) in [7, 11) is 0. The Hall–Kier alpha value is -1.56. The molecule has 6 heteroatoms. The monoisotopic (exact) mass is 281 g/mol. The van der Waals surface area contributed by atoms with Crippen LogP contribution in [-0.4, -0.2) is 21.2 Å². The molecule has 0 heterocycles. The van der Waals surface area contributed by atoms with Gasteiger partial charge < -0.3 is 5.11 Å². The van der Waals surface area contributed by atoms with Gasteiger partial charge in [-0.15, -0.1) is 11.8 Å². The average molecular weight is 281 g/mol. The van der Waals surface area contributed by atoms with Gasteiger partial charge in [0.25, 0.3) is 5.69 Å². The summed E-state index contributed by atoms with van der Waals surface area (Å²) < 4.78 is 0. The van der Waals surface area contributed by atoms with Crippen LogP contribution in [0.1, 0.15) is 25.7 Å². The van der Waals surface area contributed by atoms with Gasteiger partial charge in [-0.2, -0.15) is 0 Å². The molecule has 19 heavy (non-hydrogen) atoms. The van der Waals surface area contributed by atoms with Crippen LogP contribution < -0.4 is 0 Å². The molecule has 0 spiro atoms. The largest absolute Gasteiger partial charge is 0.481 e. The number of hydrogen-bond donors (Lipinski definition) is 1. The topological polar surface area (TPSA) is 80.4 Å². The van der Waals surface area contributed by atoms with Gasteiger partial charge in [0, 0.05) is 11.3 Å². The quantitative estimate of drug-likeness (QED) is 0.676. The van der Waals surface area contributed by atoms with Gasteiger partial charge in [0.05, 0.1) is 15.7 Å². The standard InChI is InChI=1S/C13H15NO4S/c15-13(16)9-5-1-3-7-11(9)19-12-8-4-2-6-10(12)14(17)18/h2,4,6,8-9,11H,1,3,5,7H2,(H,15,16). The number of carboxylic acids is 1. The highest BCUT2D eigenvalue weighted by Gasteiger charge is 2.32. The van der Waals surface area contributed by atoms with Crippen molar-refractivity contribution in [2.24, 2.45) is 5.92 Å². The van der Waals surface area contributed by atoms with Crippen LogP contribution in [-0.2, 0) is 4.79 Å². The minimum atomic E-state index is -0.796. The number of thioether (sulfide) groups is 1. The number of carbonyl (C=O) groups is 1. The van der Waals surface area contributed by atoms with Crippen LogP contribution in [0.3, 0.4) is 0 Å². The van der Waals surface area contributed by atoms with Gasteiger partial charge in [-0.25, -0.2) is 0 Å². The van der Waals surface area contributed by atoms with Crippen molar-refractivity contribution in [3.63, 3.8) is 0 Å². The molecule has 1 aliphatic carbocycles. The zero-order valence-corrected chi connectivity index (χ0v) is 11.1. The molecule has 2 atom stereocenters. The molecule has 1 aromatic carbocycles. The Labute approximate surface area is 115 Å². The molecular formula is C13H15NO4S. The summed E-state index contributed by atoms with van der Waals surface area (Å²) in [5.41, 5.74) is 0.0576. The molecule has 0 radical (unpaired) electrons. The number of rotatable bonds is 4. The molecule has 2 unspecified atom stereocenters. The Morgan fingerprint density at radius 1 is 1.32 bits per heavy atom. The minimum absolute atomic E-state index is 0.0576. The van der Waals surface area contributed by atoms with Crippen LogP contribution >= 0.6 is 11.8 Å². The summed E-state index contributed by atoms with van der Waals surface area (Å²) in [4.78, 5) is 22.3. The molecule has 0 aromatic heterocycles. The predicted octanol–water partition coefficient (Wildman–Crippen LogP) is 3.33. The van der Waals surface area contributed by atoms with Crippen LogP contribution in [0.4, 0.5) is 5.69 Å². The van der Waals surface area contributed by atoms with Crippen LogP contribution in [0.2, 0.25) is 0 Å². The van der Waals surface area contributed by atoms with E-state index in [1.54, 1.807) is 18.2 Å². The molecule has 0 amide bonds. The fourth-order valence-electron chi connectivity index (χ4n) is 2.39. The first-order chi connectivity index (χ1) is 9.09. The first-order valence-corrected chi connectivity index (χ1v) is 7.10. The van der Waals surface area contributed by atoms with Crippen molar-refractivity contribution < 1.29 is 14.8 Å². The normalized spacial score (nSPS) is 22.9. The second kappa shape index (κ2) is 6.06. The Balaban J connectivity index is 2.19. The summed E-state index contributed by atoms with van der Waals surface area (Å²) in [5, 5.41) is 20.1. The molecule has 0 bridgehead atoms. The van der Waals surface area contributed by atoms with Gasteiger partial charge in [0.15, 0.2) is 0 Å². The molecule has 0 saturated heterocycles. The van der Waals surface area contributed by atoms with Gasteiger partial charge in [0.1, 0.15) is 0 Å². The van der Waals surface area contributed by atoms with E-state index in [-0.39, 0.29) is 10.9 Å². The zero-order valence-electron chi connectivity index (χ0n) is 10.3. The number of nitrogens with zero attached hydrogens (tertiary/aromatic N) is 1. The Bertz CT molecular complexity index is 491. The van der Waals surface area contributed by atoms with Gasteiger partial charge in [0.2, 0.25) is 0 Å². The highest BCUT2D eigenvalue weighted by Crippen LogP contribution is 2.40. The van der Waals surface area contributed by atoms with Gasteiger partial charge in [-0.05, 0) is 18.9 Å². The maximum absolute atomic E-state index is 11.2. The lowest BCUT2D eigenvalue weighted by molar-refractivity contribution is -0.387. The number of nitro benzene ring substituents is 1. The van der Waals surface area contributed by atoms with Crippen LogP contribution in [0.5, 0.6) is 0 Å². The number of aliphatic carboxylic acids is 1. The Kier molecular flexibility index (Phi) is 4.42. The second-order valence-electron chi connectivity index (χ2n) is 4.61. The zero-order chi connectivity index (χ0) is 13.8. The summed E-state index contributed by atoms with van der Waals surface area (Å²) in [6.45, 7) is 0. The molecule has 1 aromatic rings. The number of para-hydroxylation sites is 1. The molecule has 102 valence electrons. The smallest absolute Gasteiger partial charge is 0.307 e. The molecule has 1 fully saturated rings. The highest BCUT2D eigenvalue weighted by atomic mass is 32.2. The Morgan fingerprint density at radius 3 is 2.68 bits per heavy atom. The van der Waals surface area contributed by atoms with Crippen molar-refractivity contribution in [3.8, 4) is 0 Å². The molecular weight excluding hydrogens is 266 g/mol. The number of nitro groups is 1. The van der Waals surface area contributed by atoms with E-state index < -0.39 is 16.8 Å². The Morgan fingerprint density at radius 2 is 2.00 bits per heavy atom. The molecule has 2 rings (SSSR count). The average Bonchev–Trinajstić information content (AvgIpc) is 2.39. The molecule has 1 N–H and O–H groups in total. The SMILES string of the molecule is O=C(O)C1CCCCC1Sc1ccccc1[N+](=O)[O-]. The molecule has 1 aliphatic rings. The third-order valence-corrected chi connectivity index (χ3v) is 4.83. The van der Waals surface area contributed by atoms with E-state index in [1.807, 2.05) is 0 Å². The van der Waals surface area contributed by atoms with Crippen LogP contribution in [0.25, 0.3) is 0 Å². The number of benzene rings is 1. The van der Waals surface area contributed by atoms with Crippen molar-refractivity contribution >= 4 is 23.4 Å². The predicted molar refractivity (Wildman–Crippen MR) is 72.3 cm³/mol. The van der Waals surface area contributed by atoms with E-state index in [1.165, 1.54) is 17.8 Å². The third kappa shape index (κ3) is 3.26. The second-order valence-corrected chi connectivity index (χ2v) is 5.89. The molecule has 1 saturated carbocycles.